The Balaban J connectivity index is 3.07. The third-order valence-electron chi connectivity index (χ3n) is 3.81. The molecule has 0 aliphatic heterocycles. The maximum atomic E-state index is 12.9. The van der Waals surface area contributed by atoms with Gasteiger partial charge in [-0.1, -0.05) is 26.0 Å². The first-order valence-electron chi connectivity index (χ1n) is 6.09. The first kappa shape index (κ1) is 14.1. The van der Waals surface area contributed by atoms with Gasteiger partial charge in [0.05, 0.1) is 6.10 Å². The van der Waals surface area contributed by atoms with E-state index in [-0.39, 0.29) is 11.4 Å². The van der Waals surface area contributed by atoms with E-state index in [1.165, 1.54) is 12.1 Å². The fourth-order valence-electron chi connectivity index (χ4n) is 2.47. The minimum Gasteiger partial charge on any atom is -0.386 e. The summed E-state index contributed by atoms with van der Waals surface area (Å²) < 4.78 is 12.9. The summed E-state index contributed by atoms with van der Waals surface area (Å²) in [5.74, 6) is -0.274. The SMILES string of the molecule is CCC(CC)(C(O)c1ccc(F)cc1)N(C)C. The van der Waals surface area contributed by atoms with Crippen LogP contribution in [0.25, 0.3) is 0 Å². The number of hydrogen-bond acceptors (Lipinski definition) is 2. The highest BCUT2D eigenvalue weighted by molar-refractivity contribution is 5.22. The first-order chi connectivity index (χ1) is 7.97. The van der Waals surface area contributed by atoms with Gasteiger partial charge in [-0.05, 0) is 44.6 Å². The molecule has 0 radical (unpaired) electrons. The minimum absolute atomic E-state index is 0.274. The standard InChI is InChI=1S/C14H22FNO/c1-5-14(6-2,16(3)4)13(17)11-7-9-12(15)10-8-11/h7-10,13,17H,5-6H2,1-4H3. The van der Waals surface area contributed by atoms with Crippen LogP contribution in [-0.2, 0) is 0 Å². The zero-order valence-electron chi connectivity index (χ0n) is 11.1. The van der Waals surface area contributed by atoms with Crippen molar-refractivity contribution >= 4 is 0 Å². The third-order valence-corrected chi connectivity index (χ3v) is 3.81. The summed E-state index contributed by atoms with van der Waals surface area (Å²) in [5.41, 5.74) is 0.474. The van der Waals surface area contributed by atoms with Crippen LogP contribution in [0.4, 0.5) is 4.39 Å². The molecule has 0 aromatic heterocycles. The molecule has 2 nitrogen and oxygen atoms in total. The molecule has 0 saturated carbocycles. The van der Waals surface area contributed by atoms with Crippen molar-refractivity contribution in [2.24, 2.45) is 0 Å². The Bertz CT molecular complexity index is 344. The zero-order chi connectivity index (χ0) is 13.1. The van der Waals surface area contributed by atoms with Crippen LogP contribution < -0.4 is 0 Å². The molecule has 0 fully saturated rings. The Morgan fingerprint density at radius 2 is 1.65 bits per heavy atom. The van der Waals surface area contributed by atoms with Gasteiger partial charge >= 0.3 is 0 Å². The molecule has 1 rings (SSSR count). The fraction of sp³-hybridized carbons (Fsp3) is 0.571. The van der Waals surface area contributed by atoms with Gasteiger partial charge in [-0.25, -0.2) is 4.39 Å². The van der Waals surface area contributed by atoms with Gasteiger partial charge in [-0.15, -0.1) is 0 Å². The summed E-state index contributed by atoms with van der Waals surface area (Å²) in [4.78, 5) is 2.06. The second-order valence-corrected chi connectivity index (χ2v) is 4.66. The maximum absolute atomic E-state index is 12.9. The van der Waals surface area contributed by atoms with Crippen molar-refractivity contribution in [2.75, 3.05) is 14.1 Å². The summed E-state index contributed by atoms with van der Waals surface area (Å²) >= 11 is 0. The molecule has 0 bridgehead atoms. The first-order valence-corrected chi connectivity index (χ1v) is 6.09. The second-order valence-electron chi connectivity index (χ2n) is 4.66. The highest BCUT2D eigenvalue weighted by atomic mass is 19.1. The molecule has 1 N–H and O–H groups in total. The fourth-order valence-corrected chi connectivity index (χ4v) is 2.47. The molecule has 1 aromatic carbocycles. The number of nitrogens with zero attached hydrogens (tertiary/aromatic N) is 1. The van der Waals surface area contributed by atoms with E-state index in [1.807, 2.05) is 14.1 Å². The molecule has 96 valence electrons. The average Bonchev–Trinajstić information content (AvgIpc) is 2.31. The van der Waals surface area contributed by atoms with Crippen molar-refractivity contribution in [3.63, 3.8) is 0 Å². The molecular weight excluding hydrogens is 217 g/mol. The van der Waals surface area contributed by atoms with Gasteiger partial charge in [-0.3, -0.25) is 0 Å². The lowest BCUT2D eigenvalue weighted by molar-refractivity contribution is -0.0149. The Morgan fingerprint density at radius 1 is 1.18 bits per heavy atom. The van der Waals surface area contributed by atoms with Gasteiger partial charge in [0.25, 0.3) is 0 Å². The topological polar surface area (TPSA) is 23.5 Å². The van der Waals surface area contributed by atoms with Crippen LogP contribution in [-0.4, -0.2) is 29.6 Å². The molecule has 0 heterocycles. The monoisotopic (exact) mass is 239 g/mol. The van der Waals surface area contributed by atoms with Crippen molar-refractivity contribution in [1.29, 1.82) is 0 Å². The molecule has 0 amide bonds. The minimum atomic E-state index is -0.604. The van der Waals surface area contributed by atoms with E-state index >= 15 is 0 Å². The van der Waals surface area contributed by atoms with Crippen molar-refractivity contribution in [1.82, 2.24) is 4.90 Å². The van der Waals surface area contributed by atoms with Crippen molar-refractivity contribution < 1.29 is 9.50 Å². The number of hydrogen-bond donors (Lipinski definition) is 1. The van der Waals surface area contributed by atoms with Crippen molar-refractivity contribution in [2.45, 2.75) is 38.3 Å². The van der Waals surface area contributed by atoms with Gasteiger partial charge in [0, 0.05) is 5.54 Å². The van der Waals surface area contributed by atoms with Crippen LogP contribution in [0.2, 0.25) is 0 Å². The van der Waals surface area contributed by atoms with Crippen molar-refractivity contribution in [3.8, 4) is 0 Å². The van der Waals surface area contributed by atoms with Gasteiger partial charge in [0.2, 0.25) is 0 Å². The molecule has 1 atom stereocenters. The normalized spacial score (nSPS) is 14.1. The predicted molar refractivity (Wildman–Crippen MR) is 68.4 cm³/mol. The number of likely N-dealkylation sites (N-methyl/N-ethyl adjacent to an activating group) is 1. The molecule has 1 unspecified atom stereocenters. The van der Waals surface area contributed by atoms with Gasteiger partial charge in [0.1, 0.15) is 5.82 Å². The molecule has 1 aromatic rings. The van der Waals surface area contributed by atoms with Gasteiger partial charge in [0.15, 0.2) is 0 Å². The van der Waals surface area contributed by atoms with Crippen LogP contribution in [0.3, 0.4) is 0 Å². The lowest BCUT2D eigenvalue weighted by Crippen LogP contribution is -2.48. The predicted octanol–water partition coefficient (Wildman–Crippen LogP) is 2.98. The summed E-state index contributed by atoms with van der Waals surface area (Å²) in [6, 6.07) is 6.10. The highest BCUT2D eigenvalue weighted by Crippen LogP contribution is 2.35. The van der Waals surface area contributed by atoms with E-state index in [4.69, 9.17) is 0 Å². The lowest BCUT2D eigenvalue weighted by Gasteiger charge is -2.42. The number of aliphatic hydroxyl groups is 1. The van der Waals surface area contributed by atoms with E-state index < -0.39 is 6.10 Å². The number of benzene rings is 1. The average molecular weight is 239 g/mol. The number of rotatable bonds is 5. The van der Waals surface area contributed by atoms with Gasteiger partial charge in [-0.2, -0.15) is 0 Å². The molecule has 0 spiro atoms. The van der Waals surface area contributed by atoms with E-state index in [2.05, 4.69) is 18.7 Å². The van der Waals surface area contributed by atoms with E-state index in [0.717, 1.165) is 18.4 Å². The van der Waals surface area contributed by atoms with Gasteiger partial charge < -0.3 is 10.0 Å². The van der Waals surface area contributed by atoms with E-state index in [0.29, 0.717) is 0 Å². The molecule has 17 heavy (non-hydrogen) atoms. The second kappa shape index (κ2) is 5.61. The Hall–Kier alpha value is -0.930. The molecule has 3 heteroatoms. The van der Waals surface area contributed by atoms with Crippen LogP contribution >= 0.6 is 0 Å². The molecule has 0 saturated heterocycles. The summed E-state index contributed by atoms with van der Waals surface area (Å²) in [5, 5.41) is 10.5. The van der Waals surface area contributed by atoms with Crippen LogP contribution in [0.1, 0.15) is 38.4 Å². The summed E-state index contributed by atoms with van der Waals surface area (Å²) in [6.45, 7) is 4.13. The zero-order valence-corrected chi connectivity index (χ0v) is 11.1. The Morgan fingerprint density at radius 3 is 2.00 bits per heavy atom. The third kappa shape index (κ3) is 2.67. The number of aliphatic hydroxyl groups excluding tert-OH is 1. The van der Waals surface area contributed by atoms with E-state index in [1.54, 1.807) is 12.1 Å². The van der Waals surface area contributed by atoms with Crippen molar-refractivity contribution in [3.05, 3.63) is 35.6 Å². The maximum Gasteiger partial charge on any atom is 0.123 e. The quantitative estimate of drug-likeness (QED) is 0.854. The highest BCUT2D eigenvalue weighted by Gasteiger charge is 2.37. The lowest BCUT2D eigenvalue weighted by atomic mass is 9.82. The van der Waals surface area contributed by atoms with Crippen LogP contribution in [0.5, 0.6) is 0 Å². The molecular formula is C14H22FNO. The summed E-state index contributed by atoms with van der Waals surface area (Å²) in [6.07, 6.45) is 1.08. The van der Waals surface area contributed by atoms with E-state index in [9.17, 15) is 9.50 Å². The van der Waals surface area contributed by atoms with Crippen LogP contribution in [0, 0.1) is 5.82 Å². The van der Waals surface area contributed by atoms with Crippen LogP contribution in [0.15, 0.2) is 24.3 Å². The Labute approximate surface area is 103 Å². The number of halogens is 1. The molecule has 0 aliphatic carbocycles. The molecule has 0 aliphatic rings. The largest absolute Gasteiger partial charge is 0.386 e. The Kier molecular flexibility index (Phi) is 4.66. The summed E-state index contributed by atoms with van der Waals surface area (Å²) in [7, 11) is 3.94. The smallest absolute Gasteiger partial charge is 0.123 e.